The molecule has 0 saturated heterocycles. The van der Waals surface area contributed by atoms with Gasteiger partial charge in [0.25, 0.3) is 5.91 Å². The van der Waals surface area contributed by atoms with Crippen molar-refractivity contribution >= 4 is 5.91 Å². The molecule has 0 aliphatic heterocycles. The number of aliphatic hydroxyl groups excluding tert-OH is 1. The Morgan fingerprint density at radius 2 is 2.29 bits per heavy atom. The van der Waals surface area contributed by atoms with Gasteiger partial charge in [-0.2, -0.15) is 5.10 Å². The van der Waals surface area contributed by atoms with Crippen LogP contribution in [0.4, 0.5) is 0 Å². The second-order valence-corrected chi connectivity index (χ2v) is 4.55. The molecule has 0 spiro atoms. The number of hydrogen-bond acceptors (Lipinski definition) is 3. The average molecular weight is 239 g/mol. The second kappa shape index (κ2) is 6.39. The zero-order valence-corrected chi connectivity index (χ0v) is 10.7. The molecule has 1 aromatic heterocycles. The maximum absolute atomic E-state index is 11.8. The van der Waals surface area contributed by atoms with E-state index in [-0.39, 0.29) is 12.5 Å². The van der Waals surface area contributed by atoms with Crippen LogP contribution in [0.3, 0.4) is 0 Å². The van der Waals surface area contributed by atoms with E-state index < -0.39 is 0 Å². The van der Waals surface area contributed by atoms with Crippen molar-refractivity contribution in [1.82, 2.24) is 15.1 Å². The molecule has 0 saturated carbocycles. The summed E-state index contributed by atoms with van der Waals surface area (Å²) in [5.41, 5.74) is 1.50. The Morgan fingerprint density at radius 1 is 1.59 bits per heavy atom. The molecule has 1 aromatic rings. The lowest BCUT2D eigenvalue weighted by Gasteiger charge is -2.08. The number of aromatic nitrogens is 2. The van der Waals surface area contributed by atoms with Gasteiger partial charge in [-0.05, 0) is 19.3 Å². The van der Waals surface area contributed by atoms with E-state index in [0.29, 0.717) is 24.4 Å². The molecular weight excluding hydrogens is 218 g/mol. The van der Waals surface area contributed by atoms with Crippen LogP contribution in [0.1, 0.15) is 36.3 Å². The second-order valence-electron chi connectivity index (χ2n) is 4.55. The van der Waals surface area contributed by atoms with Crippen molar-refractivity contribution in [3.63, 3.8) is 0 Å². The highest BCUT2D eigenvalue weighted by Gasteiger charge is 2.13. The monoisotopic (exact) mass is 239 g/mol. The summed E-state index contributed by atoms with van der Waals surface area (Å²) >= 11 is 0. The highest BCUT2D eigenvalue weighted by atomic mass is 16.3. The maximum Gasteiger partial charge on any atom is 0.254 e. The van der Waals surface area contributed by atoms with Crippen LogP contribution in [0.15, 0.2) is 6.20 Å². The summed E-state index contributed by atoms with van der Waals surface area (Å²) in [4.78, 5) is 11.8. The van der Waals surface area contributed by atoms with Crippen LogP contribution in [0.25, 0.3) is 0 Å². The fourth-order valence-corrected chi connectivity index (χ4v) is 1.58. The molecule has 0 aromatic carbocycles. The third-order valence-corrected chi connectivity index (χ3v) is 2.51. The van der Waals surface area contributed by atoms with Gasteiger partial charge in [0.15, 0.2) is 0 Å². The Morgan fingerprint density at radius 3 is 2.88 bits per heavy atom. The first-order chi connectivity index (χ1) is 8.06. The topological polar surface area (TPSA) is 67.2 Å². The average Bonchev–Trinajstić information content (AvgIpc) is 2.60. The first-order valence-corrected chi connectivity index (χ1v) is 5.97. The van der Waals surface area contributed by atoms with Gasteiger partial charge in [-0.15, -0.1) is 0 Å². The number of rotatable bonds is 6. The Bertz CT molecular complexity index is 372. The summed E-state index contributed by atoms with van der Waals surface area (Å²) in [7, 11) is 0. The smallest absolute Gasteiger partial charge is 0.254 e. The number of nitrogens with zero attached hydrogens (tertiary/aromatic N) is 2. The highest BCUT2D eigenvalue weighted by molar-refractivity contribution is 5.94. The Balaban J connectivity index is 2.65. The summed E-state index contributed by atoms with van der Waals surface area (Å²) < 4.78 is 1.85. The van der Waals surface area contributed by atoms with E-state index in [9.17, 15) is 4.79 Å². The lowest BCUT2D eigenvalue weighted by molar-refractivity contribution is 0.0950. The molecule has 5 heteroatoms. The number of aliphatic hydroxyl groups is 1. The normalized spacial score (nSPS) is 10.9. The first-order valence-electron chi connectivity index (χ1n) is 5.97. The SMILES string of the molecule is Cc1c(C(=O)NCCCO)cnn1CC(C)C. The molecule has 2 N–H and O–H groups in total. The third kappa shape index (κ3) is 3.85. The fourth-order valence-electron chi connectivity index (χ4n) is 1.58. The predicted molar refractivity (Wildman–Crippen MR) is 65.8 cm³/mol. The quantitative estimate of drug-likeness (QED) is 0.727. The third-order valence-electron chi connectivity index (χ3n) is 2.51. The molecule has 0 atom stereocenters. The van der Waals surface area contributed by atoms with Gasteiger partial charge in [0.2, 0.25) is 0 Å². The van der Waals surface area contributed by atoms with E-state index >= 15 is 0 Å². The van der Waals surface area contributed by atoms with Crippen LogP contribution < -0.4 is 5.32 Å². The molecule has 0 aliphatic rings. The number of amides is 1. The molecule has 5 nitrogen and oxygen atoms in total. The standard InChI is InChI=1S/C12H21N3O2/c1-9(2)8-15-10(3)11(7-14-15)12(17)13-5-4-6-16/h7,9,16H,4-6,8H2,1-3H3,(H,13,17). The minimum atomic E-state index is -0.119. The zero-order chi connectivity index (χ0) is 12.8. The van der Waals surface area contributed by atoms with Gasteiger partial charge in [-0.3, -0.25) is 9.48 Å². The number of carbonyl (C=O) groups excluding carboxylic acids is 1. The molecule has 0 aliphatic carbocycles. The molecule has 0 fully saturated rings. The van der Waals surface area contributed by atoms with Gasteiger partial charge in [-0.1, -0.05) is 13.8 Å². The molecule has 0 radical (unpaired) electrons. The number of hydrogen-bond donors (Lipinski definition) is 2. The van der Waals surface area contributed by atoms with Gasteiger partial charge in [0.05, 0.1) is 11.8 Å². The van der Waals surface area contributed by atoms with Gasteiger partial charge < -0.3 is 10.4 Å². The van der Waals surface area contributed by atoms with Crippen LogP contribution >= 0.6 is 0 Å². The Hall–Kier alpha value is -1.36. The molecule has 96 valence electrons. The Labute approximate surface area is 102 Å². The first kappa shape index (κ1) is 13.7. The van der Waals surface area contributed by atoms with Crippen LogP contribution in [-0.4, -0.2) is 33.9 Å². The summed E-state index contributed by atoms with van der Waals surface area (Å²) in [6, 6.07) is 0. The van der Waals surface area contributed by atoms with Crippen molar-refractivity contribution in [3.05, 3.63) is 17.5 Å². The highest BCUT2D eigenvalue weighted by Crippen LogP contribution is 2.09. The van der Waals surface area contributed by atoms with E-state index in [0.717, 1.165) is 12.2 Å². The van der Waals surface area contributed by atoms with Crippen LogP contribution in [-0.2, 0) is 6.54 Å². The van der Waals surface area contributed by atoms with Crippen LogP contribution in [0, 0.1) is 12.8 Å². The summed E-state index contributed by atoms with van der Waals surface area (Å²) in [6.07, 6.45) is 2.18. The zero-order valence-electron chi connectivity index (χ0n) is 10.7. The fraction of sp³-hybridized carbons (Fsp3) is 0.667. The molecule has 0 unspecified atom stereocenters. The summed E-state index contributed by atoms with van der Waals surface area (Å²) in [6.45, 7) is 7.52. The lowest BCUT2D eigenvalue weighted by Crippen LogP contribution is -2.25. The van der Waals surface area contributed by atoms with Gasteiger partial charge in [0, 0.05) is 25.4 Å². The van der Waals surface area contributed by atoms with Gasteiger partial charge >= 0.3 is 0 Å². The van der Waals surface area contributed by atoms with Crippen molar-refractivity contribution in [2.75, 3.05) is 13.2 Å². The summed E-state index contributed by atoms with van der Waals surface area (Å²) in [5.74, 6) is 0.379. The molecule has 1 rings (SSSR count). The van der Waals surface area contributed by atoms with Crippen molar-refractivity contribution < 1.29 is 9.90 Å². The molecule has 17 heavy (non-hydrogen) atoms. The minimum Gasteiger partial charge on any atom is -0.396 e. The van der Waals surface area contributed by atoms with E-state index in [1.54, 1.807) is 6.20 Å². The van der Waals surface area contributed by atoms with E-state index in [1.165, 1.54) is 0 Å². The molecule has 0 bridgehead atoms. The molecular formula is C12H21N3O2. The van der Waals surface area contributed by atoms with E-state index in [2.05, 4.69) is 24.3 Å². The Kier molecular flexibility index (Phi) is 5.15. The molecule has 1 heterocycles. The lowest BCUT2D eigenvalue weighted by atomic mass is 10.2. The van der Waals surface area contributed by atoms with Crippen molar-refractivity contribution in [2.45, 2.75) is 33.7 Å². The van der Waals surface area contributed by atoms with Crippen LogP contribution in [0.2, 0.25) is 0 Å². The maximum atomic E-state index is 11.8. The largest absolute Gasteiger partial charge is 0.396 e. The van der Waals surface area contributed by atoms with Gasteiger partial charge in [0.1, 0.15) is 0 Å². The van der Waals surface area contributed by atoms with Gasteiger partial charge in [-0.25, -0.2) is 0 Å². The summed E-state index contributed by atoms with van der Waals surface area (Å²) in [5, 5.41) is 15.6. The van der Waals surface area contributed by atoms with Crippen molar-refractivity contribution in [2.24, 2.45) is 5.92 Å². The van der Waals surface area contributed by atoms with Crippen LogP contribution in [0.5, 0.6) is 0 Å². The minimum absolute atomic E-state index is 0.0892. The van der Waals surface area contributed by atoms with E-state index in [4.69, 9.17) is 5.11 Å². The van der Waals surface area contributed by atoms with Crippen molar-refractivity contribution in [3.8, 4) is 0 Å². The number of nitrogens with one attached hydrogen (secondary N) is 1. The van der Waals surface area contributed by atoms with E-state index in [1.807, 2.05) is 11.6 Å². The van der Waals surface area contributed by atoms with Crippen molar-refractivity contribution in [1.29, 1.82) is 0 Å². The molecule has 1 amide bonds. The number of carbonyl (C=O) groups is 1. The predicted octanol–water partition coefficient (Wildman–Crippen LogP) is 0.960.